The highest BCUT2D eigenvalue weighted by Crippen LogP contribution is 2.27. The molecular formula is C28H24ClF2N5O2. The summed E-state index contributed by atoms with van der Waals surface area (Å²) in [4.78, 5) is 33.4. The van der Waals surface area contributed by atoms with Gasteiger partial charge >= 0.3 is 0 Å². The van der Waals surface area contributed by atoms with E-state index in [9.17, 15) is 18.4 Å². The van der Waals surface area contributed by atoms with E-state index in [0.717, 1.165) is 12.1 Å². The van der Waals surface area contributed by atoms with Crippen molar-refractivity contribution in [1.29, 1.82) is 0 Å². The maximum absolute atomic E-state index is 14.0. The highest BCUT2D eigenvalue weighted by molar-refractivity contribution is 6.31. The Morgan fingerprint density at radius 2 is 1.84 bits per heavy atom. The van der Waals surface area contributed by atoms with Crippen LogP contribution in [0.1, 0.15) is 35.1 Å². The van der Waals surface area contributed by atoms with Crippen LogP contribution in [0, 0.1) is 24.0 Å². The first-order chi connectivity index (χ1) is 18.3. The van der Waals surface area contributed by atoms with Crippen molar-refractivity contribution in [2.45, 2.75) is 18.9 Å². The molecule has 194 valence electrons. The number of rotatable bonds is 9. The van der Waals surface area contributed by atoms with Crippen molar-refractivity contribution >= 4 is 34.1 Å². The van der Waals surface area contributed by atoms with Crippen LogP contribution in [0.25, 0.3) is 10.9 Å². The third-order valence-corrected chi connectivity index (χ3v) is 6.07. The largest absolute Gasteiger partial charge is 0.330 e. The van der Waals surface area contributed by atoms with Gasteiger partial charge in [0.2, 0.25) is 0 Å². The Kier molecular flexibility index (Phi) is 8.36. The number of fused-ring (bicyclic) bond motifs is 1. The summed E-state index contributed by atoms with van der Waals surface area (Å²) in [7, 11) is 0. The Bertz CT molecular complexity index is 1550. The van der Waals surface area contributed by atoms with E-state index >= 15 is 0 Å². The molecule has 3 N–H and O–H groups in total. The van der Waals surface area contributed by atoms with Gasteiger partial charge in [0, 0.05) is 29.6 Å². The van der Waals surface area contributed by atoms with Crippen LogP contribution in [-0.4, -0.2) is 33.6 Å². The summed E-state index contributed by atoms with van der Waals surface area (Å²) in [5.41, 5.74) is 9.00. The third kappa shape index (κ3) is 5.83. The van der Waals surface area contributed by atoms with Gasteiger partial charge in [-0.05, 0) is 55.4 Å². The average Bonchev–Trinajstić information content (AvgIpc) is 2.89. The Balaban J connectivity index is 1.94. The fourth-order valence-electron chi connectivity index (χ4n) is 4.11. The molecule has 4 aromatic rings. The normalized spacial score (nSPS) is 11.7. The van der Waals surface area contributed by atoms with Crippen LogP contribution in [0.3, 0.4) is 0 Å². The molecule has 1 heterocycles. The predicted molar refractivity (Wildman–Crippen MR) is 144 cm³/mol. The second-order valence-electron chi connectivity index (χ2n) is 8.47. The zero-order chi connectivity index (χ0) is 27.2. The summed E-state index contributed by atoms with van der Waals surface area (Å²) in [6.07, 6.45) is 6.02. The number of halogens is 3. The first-order valence-corrected chi connectivity index (χ1v) is 12.1. The molecule has 4 rings (SSSR count). The molecule has 7 nitrogen and oxygen atoms in total. The summed E-state index contributed by atoms with van der Waals surface area (Å²) >= 11 is 6.18. The highest BCUT2D eigenvalue weighted by Gasteiger charge is 2.30. The average molecular weight is 536 g/mol. The zero-order valence-electron chi connectivity index (χ0n) is 20.2. The van der Waals surface area contributed by atoms with Gasteiger partial charge in [0.05, 0.1) is 16.6 Å². The van der Waals surface area contributed by atoms with Crippen molar-refractivity contribution in [2.24, 2.45) is 5.73 Å². The number of nitrogens with one attached hydrogen (secondary N) is 1. The number of carbonyl (C=O) groups is 1. The standard InChI is InChI=1S/C28H24ClF2N5O2/c1-2-7-25(35(13-6-12-32)27(37)18-14-20(30)17-21(31)15-18)26-33-24-16-19(29)10-11-23(24)28(38)36(26)34-22-8-4-3-5-9-22/h1,3-5,8-11,14-17,25,34H,6-7,12-13,32H2/t25-/m1/s1. The molecule has 0 aliphatic rings. The molecule has 0 saturated carbocycles. The number of carbonyl (C=O) groups excluding carboxylic acids is 1. The minimum absolute atomic E-state index is 0.0525. The van der Waals surface area contributed by atoms with Crippen molar-refractivity contribution in [3.8, 4) is 12.3 Å². The molecular weight excluding hydrogens is 512 g/mol. The summed E-state index contributed by atoms with van der Waals surface area (Å²) in [5.74, 6) is 0.166. The van der Waals surface area contributed by atoms with Crippen LogP contribution in [0.5, 0.6) is 0 Å². The lowest BCUT2D eigenvalue weighted by molar-refractivity contribution is 0.0665. The third-order valence-electron chi connectivity index (χ3n) is 5.83. The van der Waals surface area contributed by atoms with Gasteiger partial charge in [-0.2, -0.15) is 0 Å². The van der Waals surface area contributed by atoms with Crippen molar-refractivity contribution in [2.75, 3.05) is 18.5 Å². The van der Waals surface area contributed by atoms with Crippen LogP contribution in [0.15, 0.2) is 71.5 Å². The number of anilines is 1. The Morgan fingerprint density at radius 3 is 2.50 bits per heavy atom. The lowest BCUT2D eigenvalue weighted by Gasteiger charge is -2.32. The van der Waals surface area contributed by atoms with Gasteiger partial charge in [-0.15, -0.1) is 12.3 Å². The molecule has 0 unspecified atom stereocenters. The maximum atomic E-state index is 14.0. The first kappa shape index (κ1) is 26.8. The lowest BCUT2D eigenvalue weighted by atomic mass is 10.1. The number of nitrogens with two attached hydrogens (primary N) is 1. The molecule has 1 amide bonds. The van der Waals surface area contributed by atoms with Crippen LogP contribution >= 0.6 is 11.6 Å². The van der Waals surface area contributed by atoms with Crippen LogP contribution in [0.2, 0.25) is 5.02 Å². The second-order valence-corrected chi connectivity index (χ2v) is 8.91. The van der Waals surface area contributed by atoms with Crippen molar-refractivity contribution in [3.05, 3.63) is 105 Å². The van der Waals surface area contributed by atoms with Gasteiger partial charge in [-0.3, -0.25) is 15.0 Å². The van der Waals surface area contributed by atoms with E-state index in [1.807, 2.05) is 6.07 Å². The fraction of sp³-hybridized carbons (Fsp3) is 0.179. The smallest absolute Gasteiger partial charge is 0.280 e. The van der Waals surface area contributed by atoms with Gasteiger partial charge in [0.1, 0.15) is 17.7 Å². The topological polar surface area (TPSA) is 93.2 Å². The molecule has 0 saturated heterocycles. The van der Waals surface area contributed by atoms with Gasteiger partial charge in [-0.1, -0.05) is 29.8 Å². The Labute approximate surface area is 222 Å². The number of hydrogen-bond donors (Lipinski definition) is 2. The number of nitrogens with zero attached hydrogens (tertiary/aromatic N) is 3. The van der Waals surface area contributed by atoms with E-state index in [1.165, 1.54) is 15.6 Å². The molecule has 0 aliphatic carbocycles. The van der Waals surface area contributed by atoms with Crippen LogP contribution in [-0.2, 0) is 0 Å². The molecule has 10 heteroatoms. The maximum Gasteiger partial charge on any atom is 0.280 e. The second kappa shape index (κ2) is 11.9. The molecule has 0 bridgehead atoms. The molecule has 3 aromatic carbocycles. The lowest BCUT2D eigenvalue weighted by Crippen LogP contribution is -2.41. The molecule has 38 heavy (non-hydrogen) atoms. The SMILES string of the molecule is C#CC[C@H](c1nc2cc(Cl)ccc2c(=O)n1Nc1ccccc1)N(CCCN)C(=O)c1cc(F)cc(F)c1. The molecule has 0 fully saturated rings. The van der Waals surface area contributed by atoms with Crippen LogP contribution < -0.4 is 16.7 Å². The first-order valence-electron chi connectivity index (χ1n) is 11.8. The van der Waals surface area contributed by atoms with E-state index in [2.05, 4.69) is 11.3 Å². The summed E-state index contributed by atoms with van der Waals surface area (Å²) in [6, 6.07) is 15.2. The number of hydrogen-bond acceptors (Lipinski definition) is 5. The zero-order valence-corrected chi connectivity index (χ0v) is 21.0. The Morgan fingerprint density at radius 1 is 1.13 bits per heavy atom. The number of terminal acetylenes is 1. The van der Waals surface area contributed by atoms with Gasteiger partial charge < -0.3 is 10.6 Å². The minimum atomic E-state index is -0.960. The highest BCUT2D eigenvalue weighted by atomic mass is 35.5. The fourth-order valence-corrected chi connectivity index (χ4v) is 4.27. The van der Waals surface area contributed by atoms with Crippen molar-refractivity contribution < 1.29 is 13.6 Å². The van der Waals surface area contributed by atoms with Crippen LogP contribution in [0.4, 0.5) is 14.5 Å². The quantitative estimate of drug-likeness (QED) is 0.301. The van der Waals surface area contributed by atoms with Gasteiger partial charge in [0.25, 0.3) is 11.5 Å². The number of benzene rings is 3. The monoisotopic (exact) mass is 535 g/mol. The van der Waals surface area contributed by atoms with E-state index in [1.54, 1.807) is 36.4 Å². The van der Waals surface area contributed by atoms with Gasteiger partial charge in [-0.25, -0.2) is 18.4 Å². The van der Waals surface area contributed by atoms with Crippen molar-refractivity contribution in [3.63, 3.8) is 0 Å². The van der Waals surface area contributed by atoms with E-state index < -0.39 is 29.1 Å². The summed E-state index contributed by atoms with van der Waals surface area (Å²) in [5, 5.41) is 0.650. The molecule has 1 atom stereocenters. The Hall–Kier alpha value is -4.26. The minimum Gasteiger partial charge on any atom is -0.330 e. The van der Waals surface area contributed by atoms with E-state index in [-0.39, 0.29) is 36.3 Å². The molecule has 0 radical (unpaired) electrons. The van der Waals surface area contributed by atoms with Gasteiger partial charge in [0.15, 0.2) is 5.82 Å². The number of aromatic nitrogens is 2. The molecule has 1 aromatic heterocycles. The molecule has 0 aliphatic heterocycles. The van der Waals surface area contributed by atoms with Crippen molar-refractivity contribution in [1.82, 2.24) is 14.6 Å². The summed E-state index contributed by atoms with van der Waals surface area (Å²) < 4.78 is 29.2. The number of para-hydroxylation sites is 1. The molecule has 0 spiro atoms. The predicted octanol–water partition coefficient (Wildman–Crippen LogP) is 4.76. The van der Waals surface area contributed by atoms with E-state index in [0.29, 0.717) is 28.7 Å². The number of amides is 1. The summed E-state index contributed by atoms with van der Waals surface area (Å²) in [6.45, 7) is 0.328. The van der Waals surface area contributed by atoms with E-state index in [4.69, 9.17) is 28.7 Å².